The van der Waals surface area contributed by atoms with E-state index in [1.165, 1.54) is 0 Å². The van der Waals surface area contributed by atoms with Crippen molar-refractivity contribution >= 4 is 35.7 Å². The van der Waals surface area contributed by atoms with Crippen molar-refractivity contribution in [2.45, 2.75) is 37.6 Å². The maximum atomic E-state index is 14.8. The highest BCUT2D eigenvalue weighted by Gasteiger charge is 2.35. The van der Waals surface area contributed by atoms with Gasteiger partial charge in [-0.3, -0.25) is 19.2 Å². The molecule has 1 aliphatic carbocycles. The van der Waals surface area contributed by atoms with Crippen LogP contribution in [0.3, 0.4) is 0 Å². The topological polar surface area (TPSA) is 190 Å². The Balaban J connectivity index is 1.01. The van der Waals surface area contributed by atoms with Crippen LogP contribution in [0.4, 0.5) is 9.18 Å². The van der Waals surface area contributed by atoms with Gasteiger partial charge in [-0.05, 0) is 40.3 Å². The largest absolute Gasteiger partial charge is 0.458 e. The summed E-state index contributed by atoms with van der Waals surface area (Å²) in [5.41, 5.74) is 3.17. The molecule has 0 heterocycles. The van der Waals surface area contributed by atoms with Gasteiger partial charge in [0.2, 0.25) is 29.3 Å². The number of benzene rings is 4. The van der Waals surface area contributed by atoms with Crippen molar-refractivity contribution in [1.29, 1.82) is 0 Å². The molecule has 4 aromatic rings. The number of nitrogens with one attached hydrogen (secondary N) is 5. The Kier molecular flexibility index (Phi) is 14.8. The number of alkyl halides is 1. The van der Waals surface area contributed by atoms with E-state index in [1.807, 2.05) is 48.5 Å². The molecule has 57 heavy (non-hydrogen) atoms. The molecule has 0 aliphatic heterocycles. The van der Waals surface area contributed by atoms with Crippen molar-refractivity contribution in [2.24, 2.45) is 0 Å². The van der Waals surface area contributed by atoms with Gasteiger partial charge in [-0.25, -0.2) is 14.0 Å². The minimum atomic E-state index is -2.48. The van der Waals surface area contributed by atoms with E-state index in [9.17, 15) is 33.2 Å². The minimum absolute atomic E-state index is 0.0654. The molecule has 5 amide bonds. The van der Waals surface area contributed by atoms with E-state index < -0.39 is 80.4 Å². The lowest BCUT2D eigenvalue weighted by Crippen LogP contribution is -2.52. The van der Waals surface area contributed by atoms with Crippen LogP contribution in [0.15, 0.2) is 109 Å². The SMILES string of the molecule is CC(F)(COCNC(=O)CNC(=O)[C@H](Cc1ccccc1)NC(=O)CNC(=O)CNC(=O)OCC1c2ccccc2-c2ccccc21)C(=O)OCc1ccccc1. The summed E-state index contributed by atoms with van der Waals surface area (Å²) < 4.78 is 30.4. The van der Waals surface area contributed by atoms with Gasteiger partial charge in [0.05, 0.1) is 19.7 Å². The molecule has 4 aromatic carbocycles. The summed E-state index contributed by atoms with van der Waals surface area (Å²) in [4.78, 5) is 75.4. The minimum Gasteiger partial charge on any atom is -0.458 e. The number of rotatable bonds is 19. The first-order chi connectivity index (χ1) is 27.5. The Morgan fingerprint density at radius 2 is 1.19 bits per heavy atom. The Hall–Kier alpha value is -6.61. The van der Waals surface area contributed by atoms with Gasteiger partial charge in [0.25, 0.3) is 0 Å². The van der Waals surface area contributed by atoms with Crippen molar-refractivity contribution in [3.05, 3.63) is 131 Å². The molecule has 0 spiro atoms. The highest BCUT2D eigenvalue weighted by atomic mass is 19.1. The zero-order valence-electron chi connectivity index (χ0n) is 31.3. The van der Waals surface area contributed by atoms with Crippen molar-refractivity contribution in [2.75, 3.05) is 39.6 Å². The molecular weight excluding hydrogens is 737 g/mol. The highest BCUT2D eigenvalue weighted by Crippen LogP contribution is 2.44. The van der Waals surface area contributed by atoms with E-state index in [0.717, 1.165) is 29.2 Å². The first-order valence-corrected chi connectivity index (χ1v) is 18.2. The summed E-state index contributed by atoms with van der Waals surface area (Å²) in [6, 6.07) is 32.2. The third-order valence-electron chi connectivity index (χ3n) is 8.92. The lowest BCUT2D eigenvalue weighted by Gasteiger charge is -2.20. The first-order valence-electron chi connectivity index (χ1n) is 18.2. The smallest absolute Gasteiger partial charge is 0.407 e. The molecular formula is C42H44FN5O9. The quantitative estimate of drug-likeness (QED) is 0.0541. The van der Waals surface area contributed by atoms with Gasteiger partial charge in [-0.15, -0.1) is 0 Å². The van der Waals surface area contributed by atoms with Crippen LogP contribution in [0.2, 0.25) is 0 Å². The summed E-state index contributed by atoms with van der Waals surface area (Å²) in [7, 11) is 0. The van der Waals surface area contributed by atoms with Crippen molar-refractivity contribution in [3.63, 3.8) is 0 Å². The second-order valence-electron chi connectivity index (χ2n) is 13.3. The van der Waals surface area contributed by atoms with Gasteiger partial charge < -0.3 is 40.8 Å². The summed E-state index contributed by atoms with van der Waals surface area (Å²) in [6.07, 6.45) is -0.734. The molecule has 1 aliphatic rings. The van der Waals surface area contributed by atoms with Crippen LogP contribution in [-0.2, 0) is 51.2 Å². The van der Waals surface area contributed by atoms with Gasteiger partial charge in [0.15, 0.2) is 0 Å². The number of fused-ring (bicyclic) bond motifs is 3. The van der Waals surface area contributed by atoms with E-state index >= 15 is 0 Å². The van der Waals surface area contributed by atoms with Gasteiger partial charge in [0, 0.05) is 12.3 Å². The number of ether oxygens (including phenoxy) is 3. The standard InChI is InChI=1S/C42H44FN5O9/c1-42(43,40(53)56-24-29-14-6-3-7-15-29)26-55-27-47-37(50)21-45-39(52)35(20-28-12-4-2-5-13-28)48-38(51)23-44-36(49)22-46-41(54)57-25-34-32-18-10-8-16-30(32)31-17-9-11-19-33(31)34/h2-19,34-35H,20-27H2,1H3,(H,44,49)(H,45,52)(H,46,54)(H,47,50)(H,48,51)/t35-,42?/m0/s1. The number of carbonyl (C=O) groups excluding carboxylic acids is 6. The molecule has 5 N–H and O–H groups in total. The Labute approximate surface area is 328 Å². The fourth-order valence-corrected chi connectivity index (χ4v) is 6.01. The molecule has 5 rings (SSSR count). The van der Waals surface area contributed by atoms with Crippen LogP contribution in [-0.4, -0.2) is 87.0 Å². The summed E-state index contributed by atoms with van der Waals surface area (Å²) in [5.74, 6) is -4.02. The Morgan fingerprint density at radius 1 is 0.649 bits per heavy atom. The zero-order valence-corrected chi connectivity index (χ0v) is 31.3. The molecule has 0 saturated heterocycles. The predicted molar refractivity (Wildman–Crippen MR) is 206 cm³/mol. The number of halogens is 1. The normalized spacial score (nSPS) is 13.1. The van der Waals surface area contributed by atoms with Crippen LogP contribution < -0.4 is 26.6 Å². The number of alkyl carbamates (subject to hydrolysis) is 1. The summed E-state index contributed by atoms with van der Waals surface area (Å²) >= 11 is 0. The van der Waals surface area contributed by atoms with Gasteiger partial charge in [-0.1, -0.05) is 109 Å². The van der Waals surface area contributed by atoms with Crippen LogP contribution in [0.5, 0.6) is 0 Å². The molecule has 15 heteroatoms. The maximum Gasteiger partial charge on any atom is 0.407 e. The molecule has 2 atom stereocenters. The van der Waals surface area contributed by atoms with Crippen LogP contribution in [0.25, 0.3) is 11.1 Å². The lowest BCUT2D eigenvalue weighted by atomic mass is 9.98. The van der Waals surface area contributed by atoms with Crippen molar-refractivity contribution in [1.82, 2.24) is 26.6 Å². The second kappa shape index (κ2) is 20.3. The molecule has 0 fully saturated rings. The van der Waals surface area contributed by atoms with Crippen LogP contribution in [0, 0.1) is 0 Å². The van der Waals surface area contributed by atoms with E-state index in [4.69, 9.17) is 14.2 Å². The molecule has 0 aromatic heterocycles. The van der Waals surface area contributed by atoms with Gasteiger partial charge >= 0.3 is 12.1 Å². The van der Waals surface area contributed by atoms with Gasteiger partial charge in [0.1, 0.15) is 32.5 Å². The summed E-state index contributed by atoms with van der Waals surface area (Å²) in [5, 5.41) is 12.1. The highest BCUT2D eigenvalue weighted by molar-refractivity contribution is 5.92. The van der Waals surface area contributed by atoms with E-state index in [-0.39, 0.29) is 25.6 Å². The van der Waals surface area contributed by atoms with E-state index in [2.05, 4.69) is 26.6 Å². The average molecular weight is 782 g/mol. The fourth-order valence-electron chi connectivity index (χ4n) is 6.01. The molecule has 14 nitrogen and oxygen atoms in total. The predicted octanol–water partition coefficient (Wildman–Crippen LogP) is 3.05. The number of hydrogen-bond donors (Lipinski definition) is 5. The molecule has 298 valence electrons. The average Bonchev–Trinajstić information content (AvgIpc) is 3.55. The van der Waals surface area contributed by atoms with Gasteiger partial charge in [-0.2, -0.15) is 0 Å². The van der Waals surface area contributed by atoms with Crippen LogP contribution in [0.1, 0.15) is 35.1 Å². The molecule has 0 radical (unpaired) electrons. The first kappa shape index (κ1) is 41.6. The Bertz CT molecular complexity index is 1990. The van der Waals surface area contributed by atoms with Crippen LogP contribution >= 0.6 is 0 Å². The number of amides is 5. The van der Waals surface area contributed by atoms with E-state index in [0.29, 0.717) is 11.1 Å². The lowest BCUT2D eigenvalue weighted by molar-refractivity contribution is -0.162. The zero-order chi connectivity index (χ0) is 40.6. The third kappa shape index (κ3) is 12.4. The maximum absolute atomic E-state index is 14.8. The second-order valence-corrected chi connectivity index (χ2v) is 13.3. The fraction of sp³-hybridized carbons (Fsp3) is 0.286. The number of hydrogen-bond acceptors (Lipinski definition) is 9. The van der Waals surface area contributed by atoms with Crippen molar-refractivity contribution in [3.8, 4) is 11.1 Å². The van der Waals surface area contributed by atoms with Crippen molar-refractivity contribution < 1.29 is 47.4 Å². The summed E-state index contributed by atoms with van der Waals surface area (Å²) in [6.45, 7) is -1.67. The molecule has 1 unspecified atom stereocenters. The number of esters is 1. The monoisotopic (exact) mass is 781 g/mol. The Morgan fingerprint density at radius 3 is 1.84 bits per heavy atom. The third-order valence-corrected chi connectivity index (χ3v) is 8.92. The number of carbonyl (C=O) groups is 6. The van der Waals surface area contributed by atoms with E-state index in [1.54, 1.807) is 60.7 Å². The molecule has 0 bridgehead atoms. The molecule has 0 saturated carbocycles.